The Hall–Kier alpha value is -1.76. The van der Waals surface area contributed by atoms with E-state index in [4.69, 9.17) is 5.11 Å². The number of rotatable bonds is 2. The van der Waals surface area contributed by atoms with E-state index in [-0.39, 0.29) is 5.56 Å². The van der Waals surface area contributed by atoms with Gasteiger partial charge in [0.1, 0.15) is 5.56 Å². The van der Waals surface area contributed by atoms with E-state index in [2.05, 4.69) is 14.7 Å². The molecule has 2 aromatic heterocycles. The van der Waals surface area contributed by atoms with Crippen molar-refractivity contribution in [1.82, 2.24) is 19.4 Å². The number of hydrogen-bond donors (Lipinski definition) is 1. The van der Waals surface area contributed by atoms with Crippen molar-refractivity contribution in [3.05, 3.63) is 17.0 Å². The average Bonchev–Trinajstić information content (AvgIpc) is 2.69. The van der Waals surface area contributed by atoms with E-state index in [1.807, 2.05) is 0 Å². The third-order valence-corrected chi connectivity index (χ3v) is 3.14. The second kappa shape index (κ2) is 3.67. The molecule has 6 nitrogen and oxygen atoms in total. The highest BCUT2D eigenvalue weighted by Gasteiger charge is 2.23. The van der Waals surface area contributed by atoms with Crippen LogP contribution in [0.15, 0.2) is 0 Å². The monoisotopic (exact) mass is 238 g/mol. The van der Waals surface area contributed by atoms with Gasteiger partial charge in [0, 0.05) is 7.05 Å². The van der Waals surface area contributed by atoms with Crippen LogP contribution in [0.4, 0.5) is 0 Å². The van der Waals surface area contributed by atoms with Gasteiger partial charge in [0.05, 0.1) is 22.0 Å². The summed E-state index contributed by atoms with van der Waals surface area (Å²) < 4.78 is 5.36. The van der Waals surface area contributed by atoms with Crippen molar-refractivity contribution >= 4 is 17.5 Å². The fourth-order valence-corrected chi connectivity index (χ4v) is 2.36. The van der Waals surface area contributed by atoms with Crippen molar-refractivity contribution in [2.75, 3.05) is 0 Å². The Morgan fingerprint density at radius 2 is 2.06 bits per heavy atom. The molecule has 0 aliphatic heterocycles. The predicted molar refractivity (Wildman–Crippen MR) is 58.5 cm³/mol. The standard InChI is InChI=1S/C9H10N4O2S/c1-4-6(9(14)15)7(13(3)11-4)8-5(2)10-12-16-8/h1-3H3,(H,14,15). The third-order valence-electron chi connectivity index (χ3n) is 2.30. The number of aromatic carboxylic acids is 1. The Balaban J connectivity index is 2.74. The third kappa shape index (κ3) is 1.49. The first-order valence-corrected chi connectivity index (χ1v) is 5.36. The van der Waals surface area contributed by atoms with Gasteiger partial charge in [-0.15, -0.1) is 5.10 Å². The summed E-state index contributed by atoms with van der Waals surface area (Å²) in [6.45, 7) is 3.48. The molecule has 84 valence electrons. The molecule has 0 saturated carbocycles. The van der Waals surface area contributed by atoms with Crippen molar-refractivity contribution < 1.29 is 9.90 Å². The van der Waals surface area contributed by atoms with Gasteiger partial charge in [-0.3, -0.25) is 4.68 Å². The molecule has 0 bridgehead atoms. The van der Waals surface area contributed by atoms with Crippen LogP contribution in [0.1, 0.15) is 21.7 Å². The zero-order valence-electron chi connectivity index (χ0n) is 9.05. The topological polar surface area (TPSA) is 80.9 Å². The van der Waals surface area contributed by atoms with Crippen LogP contribution in [-0.4, -0.2) is 30.4 Å². The molecule has 2 heterocycles. The second-order valence-electron chi connectivity index (χ2n) is 3.43. The fraction of sp³-hybridized carbons (Fsp3) is 0.333. The molecule has 7 heteroatoms. The van der Waals surface area contributed by atoms with Gasteiger partial charge >= 0.3 is 5.97 Å². The highest BCUT2D eigenvalue weighted by Crippen LogP contribution is 2.30. The Kier molecular flexibility index (Phi) is 2.47. The minimum atomic E-state index is -0.978. The summed E-state index contributed by atoms with van der Waals surface area (Å²) in [7, 11) is 1.72. The summed E-state index contributed by atoms with van der Waals surface area (Å²) >= 11 is 1.18. The number of carboxylic acid groups (broad SMARTS) is 1. The summed E-state index contributed by atoms with van der Waals surface area (Å²) in [5.74, 6) is -0.978. The Morgan fingerprint density at radius 3 is 2.56 bits per heavy atom. The Labute approximate surface area is 95.7 Å². The molecule has 0 unspecified atom stereocenters. The van der Waals surface area contributed by atoms with E-state index in [9.17, 15) is 4.79 Å². The molecule has 0 spiro atoms. The first kappa shape index (κ1) is 10.7. The Bertz CT molecular complexity index is 558. The van der Waals surface area contributed by atoms with Gasteiger partial charge in [-0.1, -0.05) is 4.49 Å². The molecule has 16 heavy (non-hydrogen) atoms. The van der Waals surface area contributed by atoms with Crippen molar-refractivity contribution in [3.8, 4) is 10.6 Å². The molecule has 0 aromatic carbocycles. The van der Waals surface area contributed by atoms with Gasteiger partial charge < -0.3 is 5.11 Å². The van der Waals surface area contributed by atoms with Gasteiger partial charge in [-0.2, -0.15) is 5.10 Å². The first-order valence-electron chi connectivity index (χ1n) is 4.58. The average molecular weight is 238 g/mol. The maximum Gasteiger partial charge on any atom is 0.339 e. The zero-order chi connectivity index (χ0) is 11.9. The number of aromatic nitrogens is 4. The van der Waals surface area contributed by atoms with E-state index in [0.717, 1.165) is 10.6 Å². The second-order valence-corrected chi connectivity index (χ2v) is 4.18. The SMILES string of the molecule is Cc1nnsc1-c1c(C(=O)O)c(C)nn1C. The molecular formula is C9H10N4O2S. The molecule has 0 saturated heterocycles. The molecule has 0 aliphatic carbocycles. The molecule has 0 radical (unpaired) electrons. The van der Waals surface area contributed by atoms with E-state index in [1.165, 1.54) is 11.5 Å². The van der Waals surface area contributed by atoms with Crippen LogP contribution in [-0.2, 0) is 7.05 Å². The summed E-state index contributed by atoms with van der Waals surface area (Å²) in [6, 6.07) is 0. The van der Waals surface area contributed by atoms with Gasteiger partial charge in [0.25, 0.3) is 0 Å². The minimum Gasteiger partial charge on any atom is -0.478 e. The van der Waals surface area contributed by atoms with Crippen molar-refractivity contribution in [3.63, 3.8) is 0 Å². The van der Waals surface area contributed by atoms with E-state index in [1.54, 1.807) is 25.6 Å². The lowest BCUT2D eigenvalue weighted by Crippen LogP contribution is -2.01. The molecular weight excluding hydrogens is 228 g/mol. The number of carbonyl (C=O) groups is 1. The molecule has 1 N–H and O–H groups in total. The number of hydrogen-bond acceptors (Lipinski definition) is 5. The van der Waals surface area contributed by atoms with Crippen LogP contribution in [0.25, 0.3) is 10.6 Å². The molecule has 2 aromatic rings. The van der Waals surface area contributed by atoms with Gasteiger partial charge in [0.15, 0.2) is 0 Å². The van der Waals surface area contributed by atoms with Crippen LogP contribution < -0.4 is 0 Å². The lowest BCUT2D eigenvalue weighted by Gasteiger charge is -2.00. The zero-order valence-corrected chi connectivity index (χ0v) is 9.87. The number of aryl methyl sites for hydroxylation is 3. The van der Waals surface area contributed by atoms with E-state index in [0.29, 0.717) is 11.4 Å². The number of nitrogens with zero attached hydrogens (tertiary/aromatic N) is 4. The molecule has 2 rings (SSSR count). The number of carboxylic acids is 1. The van der Waals surface area contributed by atoms with Crippen molar-refractivity contribution in [1.29, 1.82) is 0 Å². The highest BCUT2D eigenvalue weighted by molar-refractivity contribution is 7.09. The largest absolute Gasteiger partial charge is 0.478 e. The van der Waals surface area contributed by atoms with Gasteiger partial charge in [0.2, 0.25) is 0 Å². The normalized spacial score (nSPS) is 10.7. The van der Waals surface area contributed by atoms with Crippen LogP contribution >= 0.6 is 11.5 Å². The highest BCUT2D eigenvalue weighted by atomic mass is 32.1. The molecule has 0 amide bonds. The minimum absolute atomic E-state index is 0.219. The lowest BCUT2D eigenvalue weighted by atomic mass is 10.1. The predicted octanol–water partition coefficient (Wildman–Crippen LogP) is 1.25. The molecule has 0 atom stereocenters. The maximum atomic E-state index is 11.2. The Morgan fingerprint density at radius 1 is 1.38 bits per heavy atom. The van der Waals surface area contributed by atoms with Gasteiger partial charge in [-0.25, -0.2) is 4.79 Å². The van der Waals surface area contributed by atoms with Crippen LogP contribution in [0, 0.1) is 13.8 Å². The smallest absolute Gasteiger partial charge is 0.339 e. The van der Waals surface area contributed by atoms with Crippen molar-refractivity contribution in [2.24, 2.45) is 7.05 Å². The van der Waals surface area contributed by atoms with Crippen LogP contribution in [0.5, 0.6) is 0 Å². The summed E-state index contributed by atoms with van der Waals surface area (Å²) in [6.07, 6.45) is 0. The summed E-state index contributed by atoms with van der Waals surface area (Å²) in [5, 5.41) is 17.2. The van der Waals surface area contributed by atoms with Crippen molar-refractivity contribution in [2.45, 2.75) is 13.8 Å². The first-order chi connectivity index (χ1) is 7.52. The van der Waals surface area contributed by atoms with E-state index < -0.39 is 5.97 Å². The molecule has 0 aliphatic rings. The fourth-order valence-electron chi connectivity index (χ4n) is 1.62. The van der Waals surface area contributed by atoms with Crippen LogP contribution in [0.2, 0.25) is 0 Å². The maximum absolute atomic E-state index is 11.2. The summed E-state index contributed by atoms with van der Waals surface area (Å²) in [4.78, 5) is 11.9. The lowest BCUT2D eigenvalue weighted by molar-refractivity contribution is 0.0697. The summed E-state index contributed by atoms with van der Waals surface area (Å²) in [5.41, 5.74) is 2.00. The molecule has 0 fully saturated rings. The van der Waals surface area contributed by atoms with Gasteiger partial charge in [-0.05, 0) is 25.4 Å². The quantitative estimate of drug-likeness (QED) is 0.851. The van der Waals surface area contributed by atoms with E-state index >= 15 is 0 Å². The van der Waals surface area contributed by atoms with Crippen LogP contribution in [0.3, 0.4) is 0 Å².